The number of ether oxygens (including phenoxy) is 1. The van der Waals surface area contributed by atoms with Crippen LogP contribution in [0.25, 0.3) is 0 Å². The van der Waals surface area contributed by atoms with Gasteiger partial charge in [-0.05, 0) is 43.4 Å². The second kappa shape index (κ2) is 6.83. The van der Waals surface area contributed by atoms with Crippen LogP contribution in [0.15, 0.2) is 24.3 Å². The van der Waals surface area contributed by atoms with Gasteiger partial charge in [0.25, 0.3) is 0 Å². The lowest BCUT2D eigenvalue weighted by molar-refractivity contribution is -0.136. The first-order chi connectivity index (χ1) is 11.5. The Morgan fingerprint density at radius 3 is 2.58 bits per heavy atom. The van der Waals surface area contributed by atoms with E-state index in [1.807, 2.05) is 36.2 Å². The molecular formula is C19H26N2O3. The van der Waals surface area contributed by atoms with Crippen LogP contribution in [-0.4, -0.2) is 48.4 Å². The topological polar surface area (TPSA) is 49.9 Å². The SMILES string of the molecule is COc1ccc(CN2C[C@H](C(=O)N(C)[C@H](C)C3CC3)CC2=O)cc1. The zero-order valence-electron chi connectivity index (χ0n) is 14.7. The summed E-state index contributed by atoms with van der Waals surface area (Å²) in [6, 6.07) is 7.99. The molecule has 0 N–H and O–H groups in total. The molecule has 1 aliphatic heterocycles. The van der Waals surface area contributed by atoms with E-state index in [0.717, 1.165) is 11.3 Å². The molecule has 5 nitrogen and oxygen atoms in total. The standard InChI is InChI=1S/C19H26N2O3/c1-13(15-6-7-15)20(2)19(23)16-10-18(22)21(12-16)11-14-4-8-17(24-3)9-5-14/h4-5,8-9,13,15-16H,6-7,10-12H2,1-3H3/t13-,16-/m1/s1. The molecule has 1 aromatic carbocycles. The smallest absolute Gasteiger partial charge is 0.227 e. The summed E-state index contributed by atoms with van der Waals surface area (Å²) in [5, 5.41) is 0. The van der Waals surface area contributed by atoms with Gasteiger partial charge in [0.15, 0.2) is 0 Å². The van der Waals surface area contributed by atoms with Crippen molar-refractivity contribution in [1.29, 1.82) is 0 Å². The van der Waals surface area contributed by atoms with Gasteiger partial charge in [-0.15, -0.1) is 0 Å². The summed E-state index contributed by atoms with van der Waals surface area (Å²) in [4.78, 5) is 28.6. The van der Waals surface area contributed by atoms with Crippen LogP contribution in [0.3, 0.4) is 0 Å². The minimum absolute atomic E-state index is 0.0663. The Balaban J connectivity index is 1.59. The maximum absolute atomic E-state index is 12.7. The molecule has 1 heterocycles. The minimum atomic E-state index is -0.207. The van der Waals surface area contributed by atoms with Crippen molar-refractivity contribution in [2.75, 3.05) is 20.7 Å². The lowest BCUT2D eigenvalue weighted by Gasteiger charge is -2.27. The molecular weight excluding hydrogens is 304 g/mol. The minimum Gasteiger partial charge on any atom is -0.497 e. The summed E-state index contributed by atoms with van der Waals surface area (Å²) in [6.07, 6.45) is 2.76. The molecule has 1 saturated heterocycles. The maximum atomic E-state index is 12.7. The zero-order valence-corrected chi connectivity index (χ0v) is 14.7. The van der Waals surface area contributed by atoms with Gasteiger partial charge in [0.1, 0.15) is 5.75 Å². The Hall–Kier alpha value is -2.04. The molecule has 0 spiro atoms. The summed E-state index contributed by atoms with van der Waals surface area (Å²) in [6.45, 7) is 3.18. The van der Waals surface area contributed by atoms with E-state index in [0.29, 0.717) is 25.4 Å². The number of amides is 2. The summed E-state index contributed by atoms with van der Waals surface area (Å²) in [5.41, 5.74) is 1.05. The molecule has 0 aromatic heterocycles. The molecule has 0 bridgehead atoms. The first kappa shape index (κ1) is 16.8. The third-order valence-corrected chi connectivity index (χ3v) is 5.36. The molecule has 2 atom stereocenters. The van der Waals surface area contributed by atoms with E-state index in [9.17, 15) is 9.59 Å². The van der Waals surface area contributed by atoms with E-state index in [4.69, 9.17) is 4.74 Å². The normalized spacial score (nSPS) is 21.7. The van der Waals surface area contributed by atoms with Crippen LogP contribution in [0.1, 0.15) is 31.7 Å². The molecule has 1 aliphatic carbocycles. The van der Waals surface area contributed by atoms with Crippen molar-refractivity contribution < 1.29 is 14.3 Å². The van der Waals surface area contributed by atoms with Crippen LogP contribution in [0.5, 0.6) is 5.75 Å². The van der Waals surface area contributed by atoms with Crippen molar-refractivity contribution in [2.45, 2.75) is 38.8 Å². The van der Waals surface area contributed by atoms with Gasteiger partial charge in [-0.1, -0.05) is 12.1 Å². The fourth-order valence-electron chi connectivity index (χ4n) is 3.43. The van der Waals surface area contributed by atoms with Gasteiger partial charge >= 0.3 is 0 Å². The Bertz CT molecular complexity index is 610. The van der Waals surface area contributed by atoms with Crippen molar-refractivity contribution in [3.8, 4) is 5.75 Å². The number of carbonyl (C=O) groups is 2. The highest BCUT2D eigenvalue weighted by Crippen LogP contribution is 2.35. The number of carbonyl (C=O) groups excluding carboxylic acids is 2. The fourth-order valence-corrected chi connectivity index (χ4v) is 3.43. The molecule has 1 aromatic rings. The quantitative estimate of drug-likeness (QED) is 0.804. The predicted octanol–water partition coefficient (Wildman–Crippen LogP) is 2.30. The molecule has 1 saturated carbocycles. The monoisotopic (exact) mass is 330 g/mol. The molecule has 0 radical (unpaired) electrons. The highest BCUT2D eigenvalue weighted by Gasteiger charge is 2.39. The van der Waals surface area contributed by atoms with Crippen LogP contribution in [-0.2, 0) is 16.1 Å². The Morgan fingerprint density at radius 1 is 1.33 bits per heavy atom. The number of rotatable bonds is 6. The van der Waals surface area contributed by atoms with Crippen LogP contribution < -0.4 is 4.74 Å². The zero-order chi connectivity index (χ0) is 17.3. The third kappa shape index (κ3) is 3.55. The summed E-state index contributed by atoms with van der Waals surface area (Å²) < 4.78 is 5.15. The Labute approximate surface area is 143 Å². The van der Waals surface area contributed by atoms with Gasteiger partial charge in [0.05, 0.1) is 13.0 Å². The molecule has 3 rings (SSSR count). The van der Waals surface area contributed by atoms with E-state index in [1.165, 1.54) is 12.8 Å². The first-order valence-corrected chi connectivity index (χ1v) is 8.67. The number of benzene rings is 1. The highest BCUT2D eigenvalue weighted by molar-refractivity contribution is 5.89. The number of hydrogen-bond acceptors (Lipinski definition) is 3. The molecule has 0 unspecified atom stereocenters. The van der Waals surface area contributed by atoms with E-state index < -0.39 is 0 Å². The predicted molar refractivity (Wildman–Crippen MR) is 91.5 cm³/mol. The molecule has 24 heavy (non-hydrogen) atoms. The van der Waals surface area contributed by atoms with Crippen LogP contribution in [0.4, 0.5) is 0 Å². The van der Waals surface area contributed by atoms with Crippen molar-refractivity contribution in [3.63, 3.8) is 0 Å². The van der Waals surface area contributed by atoms with E-state index >= 15 is 0 Å². The second-order valence-corrected chi connectivity index (χ2v) is 7.05. The average Bonchev–Trinajstić information content (AvgIpc) is 3.38. The molecule has 2 fully saturated rings. The average molecular weight is 330 g/mol. The van der Waals surface area contributed by atoms with Crippen LogP contribution in [0, 0.1) is 11.8 Å². The third-order valence-electron chi connectivity index (χ3n) is 5.36. The van der Waals surface area contributed by atoms with Crippen LogP contribution in [0.2, 0.25) is 0 Å². The van der Waals surface area contributed by atoms with Crippen molar-refractivity contribution in [1.82, 2.24) is 9.80 Å². The first-order valence-electron chi connectivity index (χ1n) is 8.67. The highest BCUT2D eigenvalue weighted by atomic mass is 16.5. The molecule has 130 valence electrons. The summed E-state index contributed by atoms with van der Waals surface area (Å²) in [7, 11) is 3.51. The van der Waals surface area contributed by atoms with Crippen molar-refractivity contribution in [2.24, 2.45) is 11.8 Å². The number of methoxy groups -OCH3 is 1. The lowest BCUT2D eigenvalue weighted by atomic mass is 10.1. The Morgan fingerprint density at radius 2 is 2.00 bits per heavy atom. The number of likely N-dealkylation sites (tertiary alicyclic amines) is 1. The summed E-state index contributed by atoms with van der Waals surface area (Å²) >= 11 is 0. The van der Waals surface area contributed by atoms with Gasteiger partial charge in [0, 0.05) is 32.6 Å². The number of nitrogens with zero attached hydrogens (tertiary/aromatic N) is 2. The van der Waals surface area contributed by atoms with Crippen molar-refractivity contribution in [3.05, 3.63) is 29.8 Å². The fraction of sp³-hybridized carbons (Fsp3) is 0.579. The number of hydrogen-bond donors (Lipinski definition) is 0. The van der Waals surface area contributed by atoms with E-state index in [1.54, 1.807) is 12.0 Å². The largest absolute Gasteiger partial charge is 0.497 e. The van der Waals surface area contributed by atoms with Gasteiger partial charge in [-0.25, -0.2) is 0 Å². The Kier molecular flexibility index (Phi) is 4.78. The van der Waals surface area contributed by atoms with Gasteiger partial charge in [-0.2, -0.15) is 0 Å². The maximum Gasteiger partial charge on any atom is 0.227 e. The van der Waals surface area contributed by atoms with Gasteiger partial charge < -0.3 is 14.5 Å². The van der Waals surface area contributed by atoms with Gasteiger partial charge in [0.2, 0.25) is 11.8 Å². The molecule has 2 aliphatic rings. The molecule has 5 heteroatoms. The van der Waals surface area contributed by atoms with Crippen LogP contribution >= 0.6 is 0 Å². The molecule has 2 amide bonds. The van der Waals surface area contributed by atoms with Crippen molar-refractivity contribution >= 4 is 11.8 Å². The van der Waals surface area contributed by atoms with E-state index in [-0.39, 0.29) is 23.8 Å². The van der Waals surface area contributed by atoms with Gasteiger partial charge in [-0.3, -0.25) is 9.59 Å². The summed E-state index contributed by atoms with van der Waals surface area (Å²) in [5.74, 6) is 1.42. The second-order valence-electron chi connectivity index (χ2n) is 7.05. The van der Waals surface area contributed by atoms with E-state index in [2.05, 4.69) is 6.92 Å². The lowest BCUT2D eigenvalue weighted by Crippen LogP contribution is -2.41.